The van der Waals surface area contributed by atoms with Gasteiger partial charge in [-0.15, -0.1) is 0 Å². The summed E-state index contributed by atoms with van der Waals surface area (Å²) in [6.07, 6.45) is 0. The number of pyridine rings is 1. The smallest absolute Gasteiger partial charge is 0.296 e. The molecule has 1 heterocycles. The van der Waals surface area contributed by atoms with Crippen LogP contribution in [0.2, 0.25) is 0 Å². The summed E-state index contributed by atoms with van der Waals surface area (Å²) >= 11 is 0. The molecule has 0 aliphatic carbocycles. The maximum atomic E-state index is 11.8. The minimum Gasteiger partial charge on any atom is -0.342 e. The van der Waals surface area contributed by atoms with E-state index in [2.05, 4.69) is 4.98 Å². The minimum atomic E-state index is -0.832. The molecule has 106 valence electrons. The largest absolute Gasteiger partial charge is 0.342 e. The zero-order chi connectivity index (χ0) is 15.4. The summed E-state index contributed by atoms with van der Waals surface area (Å²) in [7, 11) is 5.74. The third-order valence-electron chi connectivity index (χ3n) is 2.42. The van der Waals surface area contributed by atoms with Crippen molar-refractivity contribution in [2.75, 3.05) is 28.2 Å². The van der Waals surface area contributed by atoms with Crippen molar-refractivity contribution in [3.8, 4) is 0 Å². The van der Waals surface area contributed by atoms with Gasteiger partial charge in [-0.05, 0) is 12.1 Å². The zero-order valence-corrected chi connectivity index (χ0v) is 11.7. The van der Waals surface area contributed by atoms with Gasteiger partial charge in [0, 0.05) is 28.2 Å². The molecule has 1 aromatic rings. The molecule has 0 fully saturated rings. The van der Waals surface area contributed by atoms with Crippen LogP contribution in [0.4, 0.5) is 0 Å². The predicted octanol–water partition coefficient (Wildman–Crippen LogP) is -0.377. The van der Waals surface area contributed by atoms with Crippen LogP contribution in [-0.2, 0) is 9.59 Å². The number of amides is 2. The van der Waals surface area contributed by atoms with Crippen LogP contribution in [-0.4, -0.2) is 66.4 Å². The highest BCUT2D eigenvalue weighted by Crippen LogP contribution is 2.04. The first kappa shape index (κ1) is 15.5. The van der Waals surface area contributed by atoms with Gasteiger partial charge in [0.05, 0.1) is 0 Å². The SMILES string of the molecule is CN(C)C(=O)C(=O)c1cccc(C(=O)C(=O)N(C)C)n1. The second-order valence-corrected chi connectivity index (χ2v) is 4.47. The van der Waals surface area contributed by atoms with Gasteiger partial charge in [-0.3, -0.25) is 19.2 Å². The third kappa shape index (κ3) is 3.25. The number of likely N-dealkylation sites (N-methyl/N-ethyl adjacent to an activating group) is 2. The van der Waals surface area contributed by atoms with Crippen LogP contribution >= 0.6 is 0 Å². The molecule has 20 heavy (non-hydrogen) atoms. The van der Waals surface area contributed by atoms with E-state index in [-0.39, 0.29) is 11.4 Å². The minimum absolute atomic E-state index is 0.166. The summed E-state index contributed by atoms with van der Waals surface area (Å²) in [5.41, 5.74) is -0.331. The van der Waals surface area contributed by atoms with Crippen molar-refractivity contribution in [2.24, 2.45) is 0 Å². The van der Waals surface area contributed by atoms with E-state index in [0.29, 0.717) is 0 Å². The molecule has 1 rings (SSSR count). The highest BCUT2D eigenvalue weighted by Gasteiger charge is 2.23. The molecular weight excluding hydrogens is 262 g/mol. The second-order valence-electron chi connectivity index (χ2n) is 4.47. The van der Waals surface area contributed by atoms with E-state index in [0.717, 1.165) is 9.80 Å². The van der Waals surface area contributed by atoms with Crippen molar-refractivity contribution in [2.45, 2.75) is 0 Å². The van der Waals surface area contributed by atoms with E-state index in [1.807, 2.05) is 0 Å². The second kappa shape index (κ2) is 6.05. The summed E-state index contributed by atoms with van der Waals surface area (Å²) in [5.74, 6) is -3.16. The van der Waals surface area contributed by atoms with E-state index in [1.165, 1.54) is 46.4 Å². The van der Waals surface area contributed by atoms with Crippen LogP contribution in [0.15, 0.2) is 18.2 Å². The normalized spacial score (nSPS) is 9.80. The molecule has 0 saturated carbocycles. The number of hydrogen-bond acceptors (Lipinski definition) is 5. The number of rotatable bonds is 4. The first-order valence-electron chi connectivity index (χ1n) is 5.74. The van der Waals surface area contributed by atoms with Crippen molar-refractivity contribution < 1.29 is 19.2 Å². The Morgan fingerprint density at radius 3 is 1.45 bits per heavy atom. The van der Waals surface area contributed by atoms with Crippen molar-refractivity contribution in [1.29, 1.82) is 0 Å². The fraction of sp³-hybridized carbons (Fsp3) is 0.308. The maximum Gasteiger partial charge on any atom is 0.296 e. The molecule has 0 aliphatic heterocycles. The Labute approximate surface area is 116 Å². The fourth-order valence-electron chi connectivity index (χ4n) is 1.31. The highest BCUT2D eigenvalue weighted by molar-refractivity contribution is 6.43. The number of ketones is 2. The van der Waals surface area contributed by atoms with E-state index in [1.54, 1.807) is 0 Å². The Kier molecular flexibility index (Phi) is 4.68. The first-order valence-corrected chi connectivity index (χ1v) is 5.74. The van der Waals surface area contributed by atoms with Crippen LogP contribution < -0.4 is 0 Å². The third-order valence-corrected chi connectivity index (χ3v) is 2.42. The topological polar surface area (TPSA) is 87.7 Å². The summed E-state index contributed by atoms with van der Waals surface area (Å²) < 4.78 is 0. The number of nitrogens with zero attached hydrogens (tertiary/aromatic N) is 3. The summed E-state index contributed by atoms with van der Waals surface area (Å²) in [6.45, 7) is 0. The molecule has 2 amide bonds. The summed E-state index contributed by atoms with van der Waals surface area (Å²) in [4.78, 5) is 52.7. The zero-order valence-electron chi connectivity index (χ0n) is 11.7. The van der Waals surface area contributed by atoms with Crippen LogP contribution in [0.1, 0.15) is 21.0 Å². The maximum absolute atomic E-state index is 11.8. The quantitative estimate of drug-likeness (QED) is 0.553. The number of carbonyl (C=O) groups is 4. The lowest BCUT2D eigenvalue weighted by Gasteiger charge is -2.10. The van der Waals surface area contributed by atoms with Gasteiger partial charge >= 0.3 is 0 Å². The Morgan fingerprint density at radius 2 is 1.15 bits per heavy atom. The molecule has 0 aromatic carbocycles. The molecule has 0 unspecified atom stereocenters. The van der Waals surface area contributed by atoms with E-state index in [9.17, 15) is 19.2 Å². The number of hydrogen-bond donors (Lipinski definition) is 0. The van der Waals surface area contributed by atoms with Crippen LogP contribution in [0.5, 0.6) is 0 Å². The molecule has 0 bridgehead atoms. The highest BCUT2D eigenvalue weighted by atomic mass is 16.2. The molecule has 0 radical (unpaired) electrons. The van der Waals surface area contributed by atoms with E-state index < -0.39 is 23.4 Å². The van der Waals surface area contributed by atoms with E-state index in [4.69, 9.17) is 0 Å². The predicted molar refractivity (Wildman–Crippen MR) is 70.3 cm³/mol. The number of carbonyl (C=O) groups excluding carboxylic acids is 4. The van der Waals surface area contributed by atoms with Gasteiger partial charge in [0.2, 0.25) is 0 Å². The van der Waals surface area contributed by atoms with Gasteiger partial charge < -0.3 is 9.80 Å². The molecule has 0 spiro atoms. The molecule has 0 atom stereocenters. The first-order chi connectivity index (χ1) is 9.25. The van der Waals surface area contributed by atoms with Crippen molar-refractivity contribution in [3.63, 3.8) is 0 Å². The van der Waals surface area contributed by atoms with Gasteiger partial charge in [-0.25, -0.2) is 4.98 Å². The Balaban J connectivity index is 3.09. The van der Waals surface area contributed by atoms with Gasteiger partial charge in [-0.1, -0.05) is 6.07 Å². The van der Waals surface area contributed by atoms with E-state index >= 15 is 0 Å². The van der Waals surface area contributed by atoms with Crippen LogP contribution in [0.25, 0.3) is 0 Å². The lowest BCUT2D eigenvalue weighted by molar-refractivity contribution is -0.124. The molecule has 7 nitrogen and oxygen atoms in total. The Bertz CT molecular complexity index is 531. The average molecular weight is 277 g/mol. The molecule has 1 aromatic heterocycles. The van der Waals surface area contributed by atoms with Crippen molar-refractivity contribution >= 4 is 23.4 Å². The Hall–Kier alpha value is -2.57. The molecule has 7 heteroatoms. The number of aromatic nitrogens is 1. The fourth-order valence-corrected chi connectivity index (χ4v) is 1.31. The lowest BCUT2D eigenvalue weighted by Crippen LogP contribution is -2.32. The van der Waals surface area contributed by atoms with Crippen molar-refractivity contribution in [1.82, 2.24) is 14.8 Å². The monoisotopic (exact) mass is 277 g/mol. The van der Waals surface area contributed by atoms with Gasteiger partial charge in [0.15, 0.2) is 0 Å². The Morgan fingerprint density at radius 1 is 0.800 bits per heavy atom. The van der Waals surface area contributed by atoms with Gasteiger partial charge in [0.25, 0.3) is 23.4 Å². The summed E-state index contributed by atoms with van der Waals surface area (Å²) in [5, 5.41) is 0. The molecule has 0 N–H and O–H groups in total. The lowest BCUT2D eigenvalue weighted by atomic mass is 10.2. The summed E-state index contributed by atoms with van der Waals surface area (Å²) in [6, 6.07) is 4.04. The van der Waals surface area contributed by atoms with Crippen molar-refractivity contribution in [3.05, 3.63) is 29.6 Å². The molecule has 0 saturated heterocycles. The molecular formula is C13H15N3O4. The number of Topliss-reactive ketones (excluding diaryl/α,β-unsaturated/α-hetero) is 2. The van der Waals surface area contributed by atoms with Crippen LogP contribution in [0, 0.1) is 0 Å². The van der Waals surface area contributed by atoms with Crippen LogP contribution in [0.3, 0.4) is 0 Å². The molecule has 0 aliphatic rings. The standard InChI is InChI=1S/C13H15N3O4/c1-15(2)12(19)10(17)8-6-5-7-9(14-8)11(18)13(20)16(3)4/h5-7H,1-4H3. The van der Waals surface area contributed by atoms with Gasteiger partial charge in [0.1, 0.15) is 11.4 Å². The van der Waals surface area contributed by atoms with Gasteiger partial charge in [-0.2, -0.15) is 0 Å². The average Bonchev–Trinajstić information content (AvgIpc) is 2.43.